The molecule has 0 spiro atoms. The van der Waals surface area contributed by atoms with Gasteiger partial charge in [-0.2, -0.15) is 8.42 Å². The maximum absolute atomic E-state index is 12.8. The van der Waals surface area contributed by atoms with Crippen LogP contribution < -0.4 is 5.56 Å². The molecule has 1 aromatic rings. The van der Waals surface area contributed by atoms with Gasteiger partial charge < -0.3 is 4.52 Å². The molecule has 210 valence electrons. The highest BCUT2D eigenvalue weighted by Gasteiger charge is 2.35. The largest absolute Gasteiger partial charge is 0.376 e. The summed E-state index contributed by atoms with van der Waals surface area (Å²) in [5.74, 6) is -0.293. The number of nitrogens with zero attached hydrogens (tertiary/aromatic N) is 1. The van der Waals surface area contributed by atoms with E-state index in [-0.39, 0.29) is 9.77 Å². The number of hydrogen-bond donors (Lipinski definition) is 0. The minimum absolute atomic E-state index is 0.191. The van der Waals surface area contributed by atoms with E-state index in [4.69, 9.17) is 4.52 Å². The van der Waals surface area contributed by atoms with Gasteiger partial charge in [0, 0.05) is 23.7 Å². The van der Waals surface area contributed by atoms with Gasteiger partial charge >= 0.3 is 0 Å². The van der Waals surface area contributed by atoms with E-state index in [1.807, 2.05) is 20.8 Å². The molecule has 37 heavy (non-hydrogen) atoms. The van der Waals surface area contributed by atoms with Crippen molar-refractivity contribution in [3.8, 4) is 0 Å². The Hall–Kier alpha value is -1.87. The Morgan fingerprint density at radius 3 is 1.84 bits per heavy atom. The average molecular weight is 556 g/mol. The zero-order valence-electron chi connectivity index (χ0n) is 23.2. The molecule has 0 fully saturated rings. The predicted molar refractivity (Wildman–Crippen MR) is 152 cm³/mol. The van der Waals surface area contributed by atoms with E-state index in [1.165, 1.54) is 69.6 Å². The second-order valence-electron chi connectivity index (χ2n) is 11.2. The Balaban J connectivity index is 2.10. The molecule has 1 heterocycles. The lowest BCUT2D eigenvalue weighted by molar-refractivity contribution is 0.275. The molecule has 1 unspecified atom stereocenters. The number of hydrogen-bond acceptors (Lipinski definition) is 6. The second-order valence-corrected chi connectivity index (χ2v) is 14.1. The van der Waals surface area contributed by atoms with Crippen molar-refractivity contribution in [3.63, 3.8) is 0 Å². The first kappa shape index (κ1) is 31.3. The van der Waals surface area contributed by atoms with Crippen molar-refractivity contribution < 1.29 is 21.4 Å². The molecule has 0 aromatic carbocycles. The van der Waals surface area contributed by atoms with Gasteiger partial charge in [0.15, 0.2) is 9.84 Å². The van der Waals surface area contributed by atoms with E-state index < -0.39 is 37.0 Å². The highest BCUT2D eigenvalue weighted by Crippen LogP contribution is 2.33. The third kappa shape index (κ3) is 9.43. The molecule has 1 atom stereocenters. The monoisotopic (exact) mass is 555 g/mol. The van der Waals surface area contributed by atoms with Crippen LogP contribution in [0.25, 0.3) is 5.70 Å². The lowest BCUT2D eigenvalue weighted by Gasteiger charge is -2.24. The van der Waals surface area contributed by atoms with Crippen molar-refractivity contribution in [2.24, 2.45) is 5.92 Å². The summed E-state index contributed by atoms with van der Waals surface area (Å²) in [6.07, 6.45) is 18.3. The molecule has 1 aliphatic carbocycles. The van der Waals surface area contributed by atoms with Gasteiger partial charge in [0.2, 0.25) is 10.3 Å². The first-order chi connectivity index (χ1) is 17.4. The maximum atomic E-state index is 12.8. The molecule has 0 radical (unpaired) electrons. The molecular formula is C28H45NO6S2. The highest BCUT2D eigenvalue weighted by atomic mass is 32.2. The molecule has 0 amide bonds. The fourth-order valence-electron chi connectivity index (χ4n) is 4.72. The Labute approximate surface area is 224 Å². The van der Waals surface area contributed by atoms with Crippen molar-refractivity contribution >= 4 is 30.7 Å². The third-order valence-corrected chi connectivity index (χ3v) is 9.01. The summed E-state index contributed by atoms with van der Waals surface area (Å²) in [5, 5.41) is 0. The SMILES string of the molecule is CCCCCCCCCCCCCCC1C(n2oc(C(C)(C)C)cc2=O)=CC=C(S(C)(=O)=O)C1=S(=O)=O. The predicted octanol–water partition coefficient (Wildman–Crippen LogP) is 6.28. The number of aromatic nitrogens is 1. The Morgan fingerprint density at radius 2 is 1.41 bits per heavy atom. The number of allylic oxidation sites excluding steroid dienone is 4. The number of sulfone groups is 1. The quantitative estimate of drug-likeness (QED) is 0.186. The molecule has 0 saturated heterocycles. The molecular weight excluding hydrogens is 510 g/mol. The van der Waals surface area contributed by atoms with Gasteiger partial charge in [0.1, 0.15) is 5.76 Å². The molecule has 0 N–H and O–H groups in total. The van der Waals surface area contributed by atoms with Gasteiger partial charge in [-0.05, 0) is 18.6 Å². The second kappa shape index (κ2) is 14.3. The molecule has 9 heteroatoms. The van der Waals surface area contributed by atoms with Gasteiger partial charge in [-0.3, -0.25) is 4.79 Å². The Bertz CT molecular complexity index is 1250. The summed E-state index contributed by atoms with van der Waals surface area (Å²) in [5.41, 5.74) is -0.454. The molecule has 2 rings (SSSR count). The smallest absolute Gasteiger partial charge is 0.287 e. The molecule has 1 aliphatic rings. The molecule has 0 saturated carbocycles. The van der Waals surface area contributed by atoms with E-state index in [0.717, 1.165) is 36.7 Å². The maximum Gasteiger partial charge on any atom is 0.287 e. The van der Waals surface area contributed by atoms with Gasteiger partial charge in [-0.15, -0.1) is 4.74 Å². The van der Waals surface area contributed by atoms with Crippen molar-refractivity contribution in [2.75, 3.05) is 6.26 Å². The summed E-state index contributed by atoms with van der Waals surface area (Å²) < 4.78 is 56.3. The Kier molecular flexibility index (Phi) is 12.1. The van der Waals surface area contributed by atoms with E-state index in [9.17, 15) is 21.6 Å². The topological polar surface area (TPSA) is 103 Å². The van der Waals surface area contributed by atoms with E-state index >= 15 is 0 Å². The fraction of sp³-hybridized carbons (Fsp3) is 0.714. The lowest BCUT2D eigenvalue weighted by Crippen LogP contribution is -2.30. The van der Waals surface area contributed by atoms with Gasteiger partial charge in [0.05, 0.1) is 15.5 Å². The summed E-state index contributed by atoms with van der Waals surface area (Å²) in [6, 6.07) is 1.41. The first-order valence-electron chi connectivity index (χ1n) is 13.7. The van der Waals surface area contributed by atoms with Crippen LogP contribution in [0.4, 0.5) is 0 Å². The van der Waals surface area contributed by atoms with Crippen LogP contribution in [0.2, 0.25) is 0 Å². The normalized spacial score (nSPS) is 16.6. The van der Waals surface area contributed by atoms with Crippen LogP contribution in [-0.4, -0.2) is 32.7 Å². The van der Waals surface area contributed by atoms with Crippen molar-refractivity contribution in [2.45, 2.75) is 117 Å². The van der Waals surface area contributed by atoms with Crippen molar-refractivity contribution in [3.05, 3.63) is 39.2 Å². The van der Waals surface area contributed by atoms with Crippen LogP contribution in [0.15, 0.2) is 32.4 Å². The van der Waals surface area contributed by atoms with Gasteiger partial charge in [-0.25, -0.2) is 8.42 Å². The molecule has 0 bridgehead atoms. The lowest BCUT2D eigenvalue weighted by atomic mass is 9.90. The molecule has 0 aliphatic heterocycles. The summed E-state index contributed by atoms with van der Waals surface area (Å²) in [4.78, 5) is 12.4. The fourth-order valence-corrected chi connectivity index (χ4v) is 6.91. The summed E-state index contributed by atoms with van der Waals surface area (Å²) >= 11 is 0. The van der Waals surface area contributed by atoms with Crippen LogP contribution in [0.3, 0.4) is 0 Å². The van der Waals surface area contributed by atoms with Crippen molar-refractivity contribution in [1.82, 2.24) is 4.74 Å². The molecule has 7 nitrogen and oxygen atoms in total. The number of unbranched alkanes of at least 4 members (excludes halogenated alkanes) is 11. The third-order valence-electron chi connectivity index (χ3n) is 6.87. The zero-order chi connectivity index (χ0) is 27.6. The average Bonchev–Trinajstić information content (AvgIpc) is 3.20. The van der Waals surface area contributed by atoms with E-state index in [1.54, 1.807) is 0 Å². The Morgan fingerprint density at radius 1 is 0.892 bits per heavy atom. The zero-order valence-corrected chi connectivity index (χ0v) is 24.8. The van der Waals surface area contributed by atoms with Crippen LogP contribution in [-0.2, 0) is 25.5 Å². The van der Waals surface area contributed by atoms with E-state index in [0.29, 0.717) is 17.9 Å². The van der Waals surface area contributed by atoms with Crippen LogP contribution in [0, 0.1) is 5.92 Å². The number of rotatable bonds is 15. The summed E-state index contributed by atoms with van der Waals surface area (Å²) in [7, 11) is -6.54. The first-order valence-corrected chi connectivity index (χ1v) is 16.7. The van der Waals surface area contributed by atoms with Gasteiger partial charge in [-0.1, -0.05) is 105 Å². The summed E-state index contributed by atoms with van der Waals surface area (Å²) in [6.45, 7) is 7.98. The van der Waals surface area contributed by atoms with Gasteiger partial charge in [0.25, 0.3) is 5.56 Å². The van der Waals surface area contributed by atoms with Crippen LogP contribution >= 0.6 is 0 Å². The van der Waals surface area contributed by atoms with Crippen LogP contribution in [0.1, 0.15) is 117 Å². The standard InChI is InChI=1S/C28H45NO6S2/c1-6-7-8-9-10-11-12-13-14-15-16-17-18-22-23(29-26(30)21-25(35-29)28(2,3)4)19-20-24(37(5,33)34)27(22)36(31)32/h19-22H,6-18H2,1-5H3. The van der Waals surface area contributed by atoms with Crippen molar-refractivity contribution in [1.29, 1.82) is 0 Å². The minimum Gasteiger partial charge on any atom is -0.376 e. The van der Waals surface area contributed by atoms with E-state index in [2.05, 4.69) is 6.92 Å². The minimum atomic E-state index is -3.77. The molecule has 1 aromatic heterocycles. The highest BCUT2D eigenvalue weighted by molar-refractivity contribution is 7.97. The van der Waals surface area contributed by atoms with Crippen LogP contribution in [0.5, 0.6) is 0 Å².